The molecule has 6 heteroatoms. The molecule has 3 N–H and O–H groups in total. The van der Waals surface area contributed by atoms with E-state index in [0.717, 1.165) is 25.7 Å². The van der Waals surface area contributed by atoms with Gasteiger partial charge in [-0.1, -0.05) is 19.3 Å². The Morgan fingerprint density at radius 3 is 2.33 bits per heavy atom. The molecule has 0 spiro atoms. The summed E-state index contributed by atoms with van der Waals surface area (Å²) in [6.45, 7) is 0. The molecule has 6 nitrogen and oxygen atoms in total. The predicted octanol–water partition coefficient (Wildman–Crippen LogP) is 1.83. The third-order valence-electron chi connectivity index (χ3n) is 3.51. The summed E-state index contributed by atoms with van der Waals surface area (Å²) in [6.07, 6.45) is 5.44. The van der Waals surface area contributed by atoms with Gasteiger partial charge in [0, 0.05) is 11.6 Å². The predicted molar refractivity (Wildman–Crippen MR) is 77.2 cm³/mol. The van der Waals surface area contributed by atoms with Crippen LogP contribution in [0.3, 0.4) is 0 Å². The average molecular weight is 286 g/mol. The van der Waals surface area contributed by atoms with Gasteiger partial charge in [-0.25, -0.2) is 10.2 Å². The number of amides is 3. The summed E-state index contributed by atoms with van der Waals surface area (Å²) in [5.74, 6) is -0.418. The molecule has 2 rings (SSSR count). The van der Waals surface area contributed by atoms with Crippen LogP contribution in [0, 0.1) is 11.3 Å². The molecule has 0 heterocycles. The molecule has 1 aliphatic carbocycles. The molecule has 1 saturated carbocycles. The lowest BCUT2D eigenvalue weighted by molar-refractivity contribution is 0.0935. The van der Waals surface area contributed by atoms with Crippen LogP contribution in [0.4, 0.5) is 4.79 Å². The molecule has 0 unspecified atom stereocenters. The van der Waals surface area contributed by atoms with E-state index in [2.05, 4.69) is 16.2 Å². The van der Waals surface area contributed by atoms with Gasteiger partial charge in [-0.05, 0) is 37.1 Å². The fraction of sp³-hybridized carbons (Fsp3) is 0.400. The largest absolute Gasteiger partial charge is 0.334 e. The van der Waals surface area contributed by atoms with Gasteiger partial charge in [0.05, 0.1) is 11.6 Å². The zero-order valence-electron chi connectivity index (χ0n) is 11.7. The molecular formula is C15H18N4O2. The fourth-order valence-corrected chi connectivity index (χ4v) is 2.35. The molecular weight excluding hydrogens is 268 g/mol. The molecule has 110 valence electrons. The van der Waals surface area contributed by atoms with Crippen molar-refractivity contribution in [1.82, 2.24) is 16.2 Å². The Bertz CT molecular complexity index is 542. The summed E-state index contributed by atoms with van der Waals surface area (Å²) < 4.78 is 0. The van der Waals surface area contributed by atoms with Crippen molar-refractivity contribution in [3.63, 3.8) is 0 Å². The van der Waals surface area contributed by atoms with E-state index in [1.165, 1.54) is 18.6 Å². The van der Waals surface area contributed by atoms with Crippen LogP contribution in [0.1, 0.15) is 48.0 Å². The van der Waals surface area contributed by atoms with E-state index < -0.39 is 11.9 Å². The molecule has 1 fully saturated rings. The quantitative estimate of drug-likeness (QED) is 0.724. The first-order valence-corrected chi connectivity index (χ1v) is 7.06. The maximum Gasteiger partial charge on any atom is 0.333 e. The highest BCUT2D eigenvalue weighted by atomic mass is 16.2. The van der Waals surface area contributed by atoms with Crippen LogP contribution in [0.15, 0.2) is 24.3 Å². The molecule has 0 atom stereocenters. The van der Waals surface area contributed by atoms with Crippen molar-refractivity contribution < 1.29 is 9.59 Å². The monoisotopic (exact) mass is 286 g/mol. The average Bonchev–Trinajstić information content (AvgIpc) is 2.53. The molecule has 1 aliphatic rings. The summed E-state index contributed by atoms with van der Waals surface area (Å²) in [4.78, 5) is 23.5. The minimum Gasteiger partial charge on any atom is -0.334 e. The van der Waals surface area contributed by atoms with Crippen molar-refractivity contribution >= 4 is 11.9 Å². The lowest BCUT2D eigenvalue weighted by Crippen LogP contribution is -2.50. The van der Waals surface area contributed by atoms with Crippen LogP contribution >= 0.6 is 0 Å². The van der Waals surface area contributed by atoms with E-state index in [4.69, 9.17) is 5.26 Å². The Morgan fingerprint density at radius 1 is 1.05 bits per heavy atom. The lowest BCUT2D eigenvalue weighted by Gasteiger charge is -2.22. The Labute approximate surface area is 123 Å². The first-order chi connectivity index (χ1) is 10.2. The summed E-state index contributed by atoms with van der Waals surface area (Å²) >= 11 is 0. The minimum absolute atomic E-state index is 0.186. The van der Waals surface area contributed by atoms with Crippen LogP contribution in [-0.4, -0.2) is 18.0 Å². The second-order valence-corrected chi connectivity index (χ2v) is 5.08. The van der Waals surface area contributed by atoms with E-state index in [-0.39, 0.29) is 6.04 Å². The van der Waals surface area contributed by atoms with Gasteiger partial charge in [-0.2, -0.15) is 5.26 Å². The van der Waals surface area contributed by atoms with Crippen LogP contribution < -0.4 is 16.2 Å². The van der Waals surface area contributed by atoms with Gasteiger partial charge in [-0.3, -0.25) is 10.2 Å². The third kappa shape index (κ3) is 4.49. The van der Waals surface area contributed by atoms with Gasteiger partial charge in [0.1, 0.15) is 0 Å². The van der Waals surface area contributed by atoms with Crippen LogP contribution in [-0.2, 0) is 0 Å². The Balaban J connectivity index is 1.77. The smallest absolute Gasteiger partial charge is 0.333 e. The lowest BCUT2D eigenvalue weighted by atomic mass is 9.96. The van der Waals surface area contributed by atoms with Gasteiger partial charge in [-0.15, -0.1) is 0 Å². The normalized spacial score (nSPS) is 14.8. The molecule has 0 aliphatic heterocycles. The number of benzene rings is 1. The van der Waals surface area contributed by atoms with Crippen molar-refractivity contribution in [2.24, 2.45) is 0 Å². The van der Waals surface area contributed by atoms with E-state index in [1.54, 1.807) is 12.1 Å². The standard InChI is InChI=1S/C15H18N4O2/c16-10-11-6-8-12(9-7-11)14(20)18-19-15(21)17-13-4-2-1-3-5-13/h6-9,13H,1-5H2,(H,18,20)(H2,17,19,21). The molecule has 3 amide bonds. The van der Waals surface area contributed by atoms with E-state index in [9.17, 15) is 9.59 Å². The van der Waals surface area contributed by atoms with Gasteiger partial charge in [0.2, 0.25) is 0 Å². The molecule has 0 aromatic heterocycles. The summed E-state index contributed by atoms with van der Waals surface area (Å²) in [5, 5.41) is 11.5. The Morgan fingerprint density at radius 2 is 1.71 bits per heavy atom. The fourth-order valence-electron chi connectivity index (χ4n) is 2.35. The highest BCUT2D eigenvalue weighted by molar-refractivity contribution is 5.95. The number of rotatable bonds is 2. The van der Waals surface area contributed by atoms with Crippen LogP contribution in [0.5, 0.6) is 0 Å². The van der Waals surface area contributed by atoms with Crippen molar-refractivity contribution in [1.29, 1.82) is 5.26 Å². The maximum atomic E-state index is 11.8. The van der Waals surface area contributed by atoms with Crippen molar-refractivity contribution in [2.75, 3.05) is 0 Å². The van der Waals surface area contributed by atoms with E-state index in [1.807, 2.05) is 6.07 Å². The molecule has 1 aromatic carbocycles. The molecule has 21 heavy (non-hydrogen) atoms. The number of hydrogen-bond donors (Lipinski definition) is 3. The number of nitrogens with zero attached hydrogens (tertiary/aromatic N) is 1. The van der Waals surface area contributed by atoms with Gasteiger partial charge >= 0.3 is 6.03 Å². The molecule has 1 aromatic rings. The number of carbonyl (C=O) groups is 2. The summed E-state index contributed by atoms with van der Waals surface area (Å²) in [6, 6.07) is 7.94. The van der Waals surface area contributed by atoms with Crippen molar-refractivity contribution in [2.45, 2.75) is 38.1 Å². The van der Waals surface area contributed by atoms with Gasteiger partial charge in [0.25, 0.3) is 5.91 Å². The molecule has 0 radical (unpaired) electrons. The number of nitrogens with one attached hydrogen (secondary N) is 3. The zero-order valence-corrected chi connectivity index (χ0v) is 11.7. The second kappa shape index (κ2) is 7.29. The second-order valence-electron chi connectivity index (χ2n) is 5.08. The van der Waals surface area contributed by atoms with E-state index in [0.29, 0.717) is 11.1 Å². The Hall–Kier alpha value is -2.55. The summed E-state index contributed by atoms with van der Waals surface area (Å²) in [5.41, 5.74) is 5.55. The highest BCUT2D eigenvalue weighted by Gasteiger charge is 2.15. The van der Waals surface area contributed by atoms with E-state index >= 15 is 0 Å². The minimum atomic E-state index is -0.418. The number of hydrazine groups is 1. The number of urea groups is 1. The van der Waals surface area contributed by atoms with Crippen LogP contribution in [0.25, 0.3) is 0 Å². The third-order valence-corrected chi connectivity index (χ3v) is 3.51. The van der Waals surface area contributed by atoms with Crippen molar-refractivity contribution in [3.05, 3.63) is 35.4 Å². The van der Waals surface area contributed by atoms with Gasteiger partial charge < -0.3 is 5.32 Å². The number of hydrogen-bond acceptors (Lipinski definition) is 3. The first-order valence-electron chi connectivity index (χ1n) is 7.06. The first kappa shape index (κ1) is 14.9. The SMILES string of the molecule is N#Cc1ccc(C(=O)NNC(=O)NC2CCCCC2)cc1. The van der Waals surface area contributed by atoms with Crippen LogP contribution in [0.2, 0.25) is 0 Å². The highest BCUT2D eigenvalue weighted by Crippen LogP contribution is 2.17. The number of nitriles is 1. The zero-order chi connectivity index (χ0) is 15.1. The Kier molecular flexibility index (Phi) is 5.16. The number of carbonyl (C=O) groups excluding carboxylic acids is 2. The molecule has 0 saturated heterocycles. The van der Waals surface area contributed by atoms with Gasteiger partial charge in [0.15, 0.2) is 0 Å². The topological polar surface area (TPSA) is 94.0 Å². The molecule has 0 bridgehead atoms. The summed E-state index contributed by atoms with van der Waals surface area (Å²) in [7, 11) is 0. The van der Waals surface area contributed by atoms with Crippen molar-refractivity contribution in [3.8, 4) is 6.07 Å². The maximum absolute atomic E-state index is 11.8.